The van der Waals surface area contributed by atoms with E-state index in [1.54, 1.807) is 24.3 Å². The van der Waals surface area contributed by atoms with Crippen LogP contribution in [0.25, 0.3) is 0 Å². The van der Waals surface area contributed by atoms with Crippen LogP contribution in [0.4, 0.5) is 14.5 Å². The smallest absolute Gasteiger partial charge is 0.191 e. The molecule has 0 aliphatic carbocycles. The summed E-state index contributed by atoms with van der Waals surface area (Å²) in [6.07, 6.45) is 0. The van der Waals surface area contributed by atoms with E-state index in [0.717, 1.165) is 5.56 Å². The van der Waals surface area contributed by atoms with Crippen molar-refractivity contribution in [3.8, 4) is 0 Å². The van der Waals surface area contributed by atoms with Crippen molar-refractivity contribution < 1.29 is 13.5 Å². The number of benzene rings is 2. The molecule has 2 N–H and O–H groups in total. The molecule has 1 fully saturated rings. The zero-order valence-electron chi connectivity index (χ0n) is 16.0. The van der Waals surface area contributed by atoms with Crippen LogP contribution in [0.2, 0.25) is 0 Å². The predicted octanol–water partition coefficient (Wildman–Crippen LogP) is 3.06. The first-order valence-corrected chi connectivity index (χ1v) is 9.54. The maximum Gasteiger partial charge on any atom is 0.191 e. The third-order valence-corrected chi connectivity index (χ3v) is 4.53. The summed E-state index contributed by atoms with van der Waals surface area (Å²) in [7, 11) is 0. The van der Waals surface area contributed by atoms with Crippen LogP contribution in [0, 0.1) is 11.6 Å². The topological polar surface area (TPSA) is 48.9 Å². The molecule has 2 aromatic rings. The Morgan fingerprint density at radius 2 is 1.86 bits per heavy atom. The molecule has 7 heteroatoms. The zero-order chi connectivity index (χ0) is 19.8. The molecule has 1 aliphatic rings. The van der Waals surface area contributed by atoms with Gasteiger partial charge in [-0.3, -0.25) is 0 Å². The van der Waals surface area contributed by atoms with Crippen molar-refractivity contribution >= 4 is 11.6 Å². The van der Waals surface area contributed by atoms with Crippen LogP contribution < -0.4 is 15.5 Å². The zero-order valence-corrected chi connectivity index (χ0v) is 16.0. The molecular formula is C21H26F2N4O. The lowest BCUT2D eigenvalue weighted by molar-refractivity contribution is 0.122. The second kappa shape index (κ2) is 10.0. The molecule has 3 rings (SSSR count). The maximum atomic E-state index is 14.5. The summed E-state index contributed by atoms with van der Waals surface area (Å²) in [6.45, 7) is 5.90. The van der Waals surface area contributed by atoms with Crippen LogP contribution in [0.3, 0.4) is 0 Å². The first-order valence-electron chi connectivity index (χ1n) is 9.54. The van der Waals surface area contributed by atoms with Crippen LogP contribution in [-0.2, 0) is 17.8 Å². The lowest BCUT2D eigenvalue weighted by Crippen LogP contribution is -2.37. The number of aliphatic imine (C=N–C) groups is 1. The average molecular weight is 388 g/mol. The Labute approximate surface area is 164 Å². The molecule has 2 aromatic carbocycles. The molecule has 28 heavy (non-hydrogen) atoms. The Balaban J connectivity index is 1.63. The third-order valence-electron chi connectivity index (χ3n) is 4.53. The van der Waals surface area contributed by atoms with Gasteiger partial charge < -0.3 is 20.3 Å². The average Bonchev–Trinajstić information content (AvgIpc) is 2.72. The van der Waals surface area contributed by atoms with Gasteiger partial charge in [0.1, 0.15) is 11.6 Å². The van der Waals surface area contributed by atoms with E-state index in [2.05, 4.69) is 15.6 Å². The molecule has 0 aromatic heterocycles. The number of guanidine groups is 1. The summed E-state index contributed by atoms with van der Waals surface area (Å²) in [5.41, 5.74) is 1.94. The third kappa shape index (κ3) is 5.42. The fourth-order valence-electron chi connectivity index (χ4n) is 3.04. The van der Waals surface area contributed by atoms with Crippen LogP contribution in [0.5, 0.6) is 0 Å². The highest BCUT2D eigenvalue weighted by molar-refractivity contribution is 5.79. The summed E-state index contributed by atoms with van der Waals surface area (Å²) in [5, 5.41) is 6.23. The lowest BCUT2D eigenvalue weighted by Gasteiger charge is -2.29. The van der Waals surface area contributed by atoms with Gasteiger partial charge in [0.25, 0.3) is 0 Å². The largest absolute Gasteiger partial charge is 0.378 e. The van der Waals surface area contributed by atoms with Crippen LogP contribution in [0.1, 0.15) is 18.1 Å². The van der Waals surface area contributed by atoms with E-state index in [0.29, 0.717) is 63.1 Å². The Bertz CT molecular complexity index is 807. The van der Waals surface area contributed by atoms with E-state index >= 15 is 0 Å². The Kier molecular flexibility index (Phi) is 7.19. The SMILES string of the molecule is CCNC(=NCc1ccc(N2CCOCC2)c(F)c1)NCc1ccccc1F. The molecule has 1 heterocycles. The highest BCUT2D eigenvalue weighted by atomic mass is 19.1. The minimum atomic E-state index is -0.258. The molecule has 0 saturated carbocycles. The van der Waals surface area contributed by atoms with Gasteiger partial charge in [0.15, 0.2) is 5.96 Å². The monoisotopic (exact) mass is 388 g/mol. The van der Waals surface area contributed by atoms with E-state index in [1.165, 1.54) is 12.1 Å². The molecule has 0 atom stereocenters. The lowest BCUT2D eigenvalue weighted by atomic mass is 10.1. The van der Waals surface area contributed by atoms with Crippen molar-refractivity contribution in [2.24, 2.45) is 4.99 Å². The summed E-state index contributed by atoms with van der Waals surface area (Å²) in [6, 6.07) is 11.8. The highest BCUT2D eigenvalue weighted by Gasteiger charge is 2.15. The van der Waals surface area contributed by atoms with Crippen molar-refractivity contribution in [1.29, 1.82) is 0 Å². The van der Waals surface area contributed by atoms with Gasteiger partial charge in [-0.05, 0) is 30.7 Å². The van der Waals surface area contributed by atoms with Crippen molar-refractivity contribution in [1.82, 2.24) is 10.6 Å². The molecule has 0 spiro atoms. The number of rotatable bonds is 6. The number of nitrogens with one attached hydrogen (secondary N) is 2. The normalized spacial score (nSPS) is 14.8. The summed E-state index contributed by atoms with van der Waals surface area (Å²) in [4.78, 5) is 6.48. The molecular weight excluding hydrogens is 362 g/mol. The van der Waals surface area contributed by atoms with E-state index in [1.807, 2.05) is 17.9 Å². The second-order valence-corrected chi connectivity index (χ2v) is 6.53. The van der Waals surface area contributed by atoms with Gasteiger partial charge in [0, 0.05) is 31.7 Å². The molecule has 0 amide bonds. The van der Waals surface area contributed by atoms with Crippen molar-refractivity contribution in [2.75, 3.05) is 37.7 Å². The molecule has 0 radical (unpaired) electrons. The second-order valence-electron chi connectivity index (χ2n) is 6.53. The van der Waals surface area contributed by atoms with Crippen molar-refractivity contribution in [2.45, 2.75) is 20.0 Å². The van der Waals surface area contributed by atoms with Gasteiger partial charge >= 0.3 is 0 Å². The Morgan fingerprint density at radius 1 is 1.07 bits per heavy atom. The Morgan fingerprint density at radius 3 is 2.57 bits per heavy atom. The number of morpholine rings is 1. The number of ether oxygens (including phenoxy) is 1. The minimum Gasteiger partial charge on any atom is -0.378 e. The number of nitrogens with zero attached hydrogens (tertiary/aromatic N) is 2. The number of hydrogen-bond acceptors (Lipinski definition) is 3. The summed E-state index contributed by atoms with van der Waals surface area (Å²) in [5.74, 6) is 0.0500. The van der Waals surface area contributed by atoms with E-state index in [-0.39, 0.29) is 11.6 Å². The standard InChI is InChI=1S/C21H26F2N4O/c1-2-24-21(26-15-17-5-3-4-6-18(17)22)25-14-16-7-8-20(19(23)13-16)27-9-11-28-12-10-27/h3-8,13H,2,9-12,14-15H2,1H3,(H2,24,25,26). The van der Waals surface area contributed by atoms with Gasteiger partial charge in [-0.15, -0.1) is 0 Å². The first kappa shape index (κ1) is 20.1. The highest BCUT2D eigenvalue weighted by Crippen LogP contribution is 2.22. The molecule has 5 nitrogen and oxygen atoms in total. The quantitative estimate of drug-likeness (QED) is 0.590. The van der Waals surface area contributed by atoms with E-state index in [4.69, 9.17) is 4.74 Å². The van der Waals surface area contributed by atoms with Crippen LogP contribution in [-0.4, -0.2) is 38.8 Å². The number of anilines is 1. The van der Waals surface area contributed by atoms with Crippen LogP contribution >= 0.6 is 0 Å². The molecule has 1 saturated heterocycles. The number of halogens is 2. The minimum absolute atomic E-state index is 0.251. The van der Waals surface area contributed by atoms with E-state index in [9.17, 15) is 8.78 Å². The van der Waals surface area contributed by atoms with Gasteiger partial charge in [0.2, 0.25) is 0 Å². The maximum absolute atomic E-state index is 14.5. The van der Waals surface area contributed by atoms with Gasteiger partial charge in [-0.2, -0.15) is 0 Å². The Hall–Kier alpha value is -2.67. The predicted molar refractivity (Wildman–Crippen MR) is 107 cm³/mol. The molecule has 1 aliphatic heterocycles. The first-order chi connectivity index (χ1) is 13.7. The fourth-order valence-corrected chi connectivity index (χ4v) is 3.04. The summed E-state index contributed by atoms with van der Waals surface area (Å²) >= 11 is 0. The molecule has 0 unspecified atom stereocenters. The van der Waals surface area contributed by atoms with Crippen molar-refractivity contribution in [3.63, 3.8) is 0 Å². The van der Waals surface area contributed by atoms with Gasteiger partial charge in [-0.1, -0.05) is 24.3 Å². The summed E-state index contributed by atoms with van der Waals surface area (Å²) < 4.78 is 33.6. The number of hydrogen-bond donors (Lipinski definition) is 2. The van der Waals surface area contributed by atoms with Gasteiger partial charge in [-0.25, -0.2) is 13.8 Å². The fraction of sp³-hybridized carbons (Fsp3) is 0.381. The van der Waals surface area contributed by atoms with Crippen molar-refractivity contribution in [3.05, 3.63) is 65.2 Å². The molecule has 0 bridgehead atoms. The van der Waals surface area contributed by atoms with E-state index < -0.39 is 0 Å². The molecule has 150 valence electrons. The van der Waals surface area contributed by atoms with Gasteiger partial charge in [0.05, 0.1) is 25.4 Å². The van der Waals surface area contributed by atoms with Crippen LogP contribution in [0.15, 0.2) is 47.5 Å².